The van der Waals surface area contributed by atoms with E-state index in [1.54, 1.807) is 6.20 Å². The van der Waals surface area contributed by atoms with Crippen molar-refractivity contribution in [3.63, 3.8) is 0 Å². The Bertz CT molecular complexity index is 818. The van der Waals surface area contributed by atoms with Gasteiger partial charge in [0.25, 0.3) is 10.0 Å². The fraction of sp³-hybridized carbons (Fsp3) is 0.438. The maximum absolute atomic E-state index is 12.5. The van der Waals surface area contributed by atoms with Crippen molar-refractivity contribution in [3.8, 4) is 0 Å². The predicted molar refractivity (Wildman–Crippen MR) is 86.2 cm³/mol. The number of benzene rings is 1. The number of aromatic nitrogens is 2. The van der Waals surface area contributed by atoms with E-state index in [9.17, 15) is 8.42 Å². The summed E-state index contributed by atoms with van der Waals surface area (Å²) in [5.74, 6) is 0.875. The van der Waals surface area contributed by atoms with Gasteiger partial charge in [0, 0.05) is 38.8 Å². The molecule has 23 heavy (non-hydrogen) atoms. The Labute approximate surface area is 136 Å². The van der Waals surface area contributed by atoms with Crippen LogP contribution in [0.5, 0.6) is 0 Å². The number of nitrogens with zero attached hydrogens (tertiary/aromatic N) is 2. The van der Waals surface area contributed by atoms with Crippen LogP contribution in [0, 0.1) is 0 Å². The molecule has 0 radical (unpaired) electrons. The van der Waals surface area contributed by atoms with Crippen LogP contribution < -0.4 is 10.0 Å². The molecule has 2 aliphatic rings. The maximum atomic E-state index is 12.5. The molecule has 1 aromatic carbocycles. The minimum Gasteiger partial charge on any atom is -0.333 e. The molecule has 1 aromatic heterocycles. The Kier molecular flexibility index (Phi) is 3.71. The second-order valence-electron chi connectivity index (χ2n) is 6.18. The van der Waals surface area contributed by atoms with Gasteiger partial charge in [-0.3, -0.25) is 0 Å². The lowest BCUT2D eigenvalue weighted by Gasteiger charge is -2.11. The van der Waals surface area contributed by atoms with Gasteiger partial charge < -0.3 is 9.88 Å². The first-order valence-electron chi connectivity index (χ1n) is 7.99. The van der Waals surface area contributed by atoms with E-state index in [-0.39, 0.29) is 11.6 Å². The number of imidazole rings is 1. The number of aryl methyl sites for hydroxylation is 2. The van der Waals surface area contributed by atoms with Gasteiger partial charge in [0.1, 0.15) is 5.82 Å². The van der Waals surface area contributed by atoms with Crippen LogP contribution in [0.1, 0.15) is 35.4 Å². The molecule has 7 heteroatoms. The quantitative estimate of drug-likeness (QED) is 0.885. The second kappa shape index (κ2) is 5.74. The molecule has 0 bridgehead atoms. The van der Waals surface area contributed by atoms with Crippen molar-refractivity contribution in [2.45, 2.75) is 50.5 Å². The fourth-order valence-electron chi connectivity index (χ4n) is 3.23. The van der Waals surface area contributed by atoms with Crippen LogP contribution in [0.4, 0.5) is 0 Å². The van der Waals surface area contributed by atoms with Gasteiger partial charge in [0.2, 0.25) is 0 Å². The SMILES string of the molecule is O=S(=O)(NCc1ccc2c(c1)CNC2)c1cn2c(n1)CCCC2. The van der Waals surface area contributed by atoms with Crippen LogP contribution in [0.2, 0.25) is 0 Å². The van der Waals surface area contributed by atoms with Gasteiger partial charge in [-0.05, 0) is 29.5 Å². The average Bonchev–Trinajstić information content (AvgIpc) is 3.19. The molecule has 0 atom stereocenters. The van der Waals surface area contributed by atoms with Crippen molar-refractivity contribution in [3.05, 3.63) is 46.9 Å². The Morgan fingerprint density at radius 1 is 1.22 bits per heavy atom. The van der Waals surface area contributed by atoms with E-state index in [2.05, 4.69) is 27.2 Å². The van der Waals surface area contributed by atoms with Crippen LogP contribution in [0.3, 0.4) is 0 Å². The molecule has 122 valence electrons. The summed E-state index contributed by atoms with van der Waals surface area (Å²) >= 11 is 0. The molecular weight excluding hydrogens is 312 g/mol. The predicted octanol–water partition coefficient (Wildman–Crippen LogP) is 1.30. The van der Waals surface area contributed by atoms with Crippen LogP contribution >= 0.6 is 0 Å². The Balaban J connectivity index is 1.50. The maximum Gasteiger partial charge on any atom is 0.259 e. The summed E-state index contributed by atoms with van der Waals surface area (Å²) in [6.07, 6.45) is 4.67. The largest absolute Gasteiger partial charge is 0.333 e. The Morgan fingerprint density at radius 2 is 2.09 bits per heavy atom. The molecular formula is C16H20N4O2S. The lowest BCUT2D eigenvalue weighted by atomic mass is 10.1. The second-order valence-corrected chi connectivity index (χ2v) is 7.89. The molecule has 3 heterocycles. The molecule has 2 aromatic rings. The molecule has 0 saturated heterocycles. The minimum absolute atomic E-state index is 0.136. The van der Waals surface area contributed by atoms with Gasteiger partial charge in [0.05, 0.1) is 0 Å². The highest BCUT2D eigenvalue weighted by atomic mass is 32.2. The van der Waals surface area contributed by atoms with Crippen molar-refractivity contribution >= 4 is 10.0 Å². The summed E-state index contributed by atoms with van der Waals surface area (Å²) in [6, 6.07) is 6.11. The van der Waals surface area contributed by atoms with Gasteiger partial charge in [-0.2, -0.15) is 0 Å². The van der Waals surface area contributed by atoms with E-state index in [0.29, 0.717) is 0 Å². The molecule has 0 saturated carbocycles. The Morgan fingerprint density at radius 3 is 2.96 bits per heavy atom. The van der Waals surface area contributed by atoms with Crippen LogP contribution in [-0.2, 0) is 42.6 Å². The lowest BCUT2D eigenvalue weighted by Crippen LogP contribution is -2.23. The first-order chi connectivity index (χ1) is 11.1. The summed E-state index contributed by atoms with van der Waals surface area (Å²) < 4.78 is 29.5. The standard InChI is InChI=1S/C16H20N4O2S/c21-23(22,16-11-20-6-2-1-3-15(20)19-16)18-8-12-4-5-13-9-17-10-14(13)7-12/h4-5,7,11,17-18H,1-3,6,8-10H2. The van der Waals surface area contributed by atoms with Crippen LogP contribution in [0.25, 0.3) is 0 Å². The fourth-order valence-corrected chi connectivity index (χ4v) is 4.22. The molecule has 2 N–H and O–H groups in total. The summed E-state index contributed by atoms with van der Waals surface area (Å²) in [5, 5.41) is 3.43. The molecule has 6 nitrogen and oxygen atoms in total. The smallest absolute Gasteiger partial charge is 0.259 e. The molecule has 0 unspecified atom stereocenters. The van der Waals surface area contributed by atoms with Gasteiger partial charge in [0.15, 0.2) is 5.03 Å². The van der Waals surface area contributed by atoms with Crippen molar-refractivity contribution in [1.29, 1.82) is 0 Å². The van der Waals surface area contributed by atoms with Crippen molar-refractivity contribution < 1.29 is 8.42 Å². The summed E-state index contributed by atoms with van der Waals surface area (Å²) in [5.41, 5.74) is 3.51. The van der Waals surface area contributed by atoms with Gasteiger partial charge in [-0.25, -0.2) is 18.1 Å². The highest BCUT2D eigenvalue weighted by Crippen LogP contribution is 2.19. The highest BCUT2D eigenvalue weighted by Gasteiger charge is 2.21. The van der Waals surface area contributed by atoms with Crippen molar-refractivity contribution in [1.82, 2.24) is 19.6 Å². The lowest BCUT2D eigenvalue weighted by molar-refractivity contribution is 0.522. The number of hydrogen-bond donors (Lipinski definition) is 2. The van der Waals surface area contributed by atoms with Gasteiger partial charge in [-0.15, -0.1) is 0 Å². The number of nitrogens with one attached hydrogen (secondary N) is 2. The first-order valence-corrected chi connectivity index (χ1v) is 9.47. The molecule has 0 aliphatic carbocycles. The third-order valence-electron chi connectivity index (χ3n) is 4.53. The zero-order valence-corrected chi connectivity index (χ0v) is 13.7. The normalized spacial score (nSPS) is 17.0. The molecule has 4 rings (SSSR count). The topological polar surface area (TPSA) is 76.0 Å². The van der Waals surface area contributed by atoms with Crippen molar-refractivity contribution in [2.75, 3.05) is 0 Å². The zero-order chi connectivity index (χ0) is 15.9. The Hall–Kier alpha value is -1.70. The van der Waals surface area contributed by atoms with Crippen LogP contribution in [0.15, 0.2) is 29.4 Å². The molecule has 0 amide bonds. The number of rotatable bonds is 4. The van der Waals surface area contributed by atoms with E-state index >= 15 is 0 Å². The zero-order valence-electron chi connectivity index (χ0n) is 12.9. The van der Waals surface area contributed by atoms with Crippen LogP contribution in [-0.4, -0.2) is 18.0 Å². The van der Waals surface area contributed by atoms with E-state index in [0.717, 1.165) is 50.3 Å². The number of fused-ring (bicyclic) bond motifs is 2. The van der Waals surface area contributed by atoms with E-state index < -0.39 is 10.0 Å². The summed E-state index contributed by atoms with van der Waals surface area (Å²) in [6.45, 7) is 2.89. The third kappa shape index (κ3) is 2.91. The number of sulfonamides is 1. The van der Waals surface area contributed by atoms with E-state index in [4.69, 9.17) is 0 Å². The van der Waals surface area contributed by atoms with E-state index in [1.807, 2.05) is 10.6 Å². The first kappa shape index (κ1) is 14.9. The number of hydrogen-bond acceptors (Lipinski definition) is 4. The minimum atomic E-state index is -3.56. The average molecular weight is 332 g/mol. The van der Waals surface area contributed by atoms with Crippen molar-refractivity contribution in [2.24, 2.45) is 0 Å². The highest BCUT2D eigenvalue weighted by molar-refractivity contribution is 7.89. The third-order valence-corrected chi connectivity index (χ3v) is 5.80. The molecule has 2 aliphatic heterocycles. The monoisotopic (exact) mass is 332 g/mol. The molecule has 0 spiro atoms. The van der Waals surface area contributed by atoms with E-state index in [1.165, 1.54) is 11.1 Å². The van der Waals surface area contributed by atoms with Gasteiger partial charge >= 0.3 is 0 Å². The summed E-state index contributed by atoms with van der Waals surface area (Å²) in [4.78, 5) is 4.30. The molecule has 0 fully saturated rings. The van der Waals surface area contributed by atoms with Gasteiger partial charge in [-0.1, -0.05) is 18.2 Å². The summed E-state index contributed by atoms with van der Waals surface area (Å²) in [7, 11) is -3.56.